The van der Waals surface area contributed by atoms with Gasteiger partial charge >= 0.3 is 0 Å². The highest BCUT2D eigenvalue weighted by molar-refractivity contribution is 5.81. The number of amides is 1. The Morgan fingerprint density at radius 1 is 1.22 bits per heavy atom. The lowest BCUT2D eigenvalue weighted by molar-refractivity contribution is -0.121. The molecule has 1 aromatic rings. The van der Waals surface area contributed by atoms with E-state index in [4.69, 9.17) is 4.74 Å². The van der Waals surface area contributed by atoms with Gasteiger partial charge in [-0.2, -0.15) is 0 Å². The topological polar surface area (TPSA) is 66.0 Å². The van der Waals surface area contributed by atoms with Crippen molar-refractivity contribution < 1.29 is 9.53 Å². The van der Waals surface area contributed by atoms with E-state index >= 15 is 0 Å². The summed E-state index contributed by atoms with van der Waals surface area (Å²) >= 11 is 0. The van der Waals surface area contributed by atoms with Gasteiger partial charge in [-0.05, 0) is 37.5 Å². The van der Waals surface area contributed by atoms with E-state index in [2.05, 4.69) is 32.7 Å². The van der Waals surface area contributed by atoms with Crippen LogP contribution in [0.2, 0.25) is 0 Å². The molecule has 1 aliphatic carbocycles. The van der Waals surface area contributed by atoms with Crippen molar-refractivity contribution in [3.05, 3.63) is 29.8 Å². The molecule has 27 heavy (non-hydrogen) atoms. The molecule has 1 fully saturated rings. The number of guanidine groups is 1. The molecule has 0 heterocycles. The average molecular weight is 375 g/mol. The van der Waals surface area contributed by atoms with Gasteiger partial charge in [-0.1, -0.05) is 31.4 Å². The Bertz CT molecular complexity index is 595. The first-order valence-corrected chi connectivity index (χ1v) is 10.0. The number of hydrogen-bond acceptors (Lipinski definition) is 3. The van der Waals surface area contributed by atoms with Crippen molar-refractivity contribution in [1.82, 2.24) is 15.5 Å². The van der Waals surface area contributed by atoms with Crippen LogP contribution in [0.3, 0.4) is 0 Å². The molecule has 2 rings (SSSR count). The van der Waals surface area contributed by atoms with Crippen LogP contribution in [0.25, 0.3) is 0 Å². The molecule has 6 heteroatoms. The molecule has 0 spiro atoms. The average Bonchev–Trinajstić information content (AvgIpc) is 2.67. The Hall–Kier alpha value is -2.24. The monoisotopic (exact) mass is 374 g/mol. The van der Waals surface area contributed by atoms with E-state index in [9.17, 15) is 4.79 Å². The van der Waals surface area contributed by atoms with Gasteiger partial charge in [0.25, 0.3) is 0 Å². The van der Waals surface area contributed by atoms with Crippen LogP contribution in [-0.4, -0.2) is 50.1 Å². The molecule has 0 radical (unpaired) electrons. The third kappa shape index (κ3) is 7.49. The maximum Gasteiger partial charge on any atom is 0.221 e. The quantitative estimate of drug-likeness (QED) is 0.542. The van der Waals surface area contributed by atoms with Gasteiger partial charge in [-0.3, -0.25) is 9.79 Å². The fourth-order valence-corrected chi connectivity index (χ4v) is 3.43. The van der Waals surface area contributed by atoms with Crippen LogP contribution in [0.15, 0.2) is 29.3 Å². The lowest BCUT2D eigenvalue weighted by atomic mass is 9.95. The van der Waals surface area contributed by atoms with E-state index in [0.29, 0.717) is 25.6 Å². The third-order valence-electron chi connectivity index (χ3n) is 4.83. The smallest absolute Gasteiger partial charge is 0.221 e. The van der Waals surface area contributed by atoms with Crippen LogP contribution in [0, 0.1) is 0 Å². The minimum atomic E-state index is 0.124. The Kier molecular flexibility index (Phi) is 8.95. The van der Waals surface area contributed by atoms with Gasteiger partial charge in [0.2, 0.25) is 5.91 Å². The third-order valence-corrected chi connectivity index (χ3v) is 4.83. The molecule has 2 N–H and O–H groups in total. The van der Waals surface area contributed by atoms with Crippen LogP contribution in [0.1, 0.15) is 51.0 Å². The van der Waals surface area contributed by atoms with Crippen LogP contribution in [0.4, 0.5) is 0 Å². The van der Waals surface area contributed by atoms with Crippen LogP contribution in [0.5, 0.6) is 5.75 Å². The Morgan fingerprint density at radius 3 is 2.56 bits per heavy atom. The summed E-state index contributed by atoms with van der Waals surface area (Å²) < 4.78 is 5.48. The normalized spacial score (nSPS) is 15.3. The van der Waals surface area contributed by atoms with E-state index in [1.165, 1.54) is 24.8 Å². The van der Waals surface area contributed by atoms with Gasteiger partial charge in [-0.25, -0.2) is 0 Å². The van der Waals surface area contributed by atoms with Crippen molar-refractivity contribution in [3.8, 4) is 5.75 Å². The molecule has 1 aromatic carbocycles. The standard InChI is InChI=1S/C21H34N4O2/c1-4-27-19-12-10-17(11-13-19)16-25(3)21(22-2)23-15-14-20(26)24-18-8-6-5-7-9-18/h10-13,18H,4-9,14-16H2,1-3H3,(H,22,23)(H,24,26). The van der Waals surface area contributed by atoms with Gasteiger partial charge in [-0.15, -0.1) is 0 Å². The van der Waals surface area contributed by atoms with Crippen molar-refractivity contribution in [2.75, 3.05) is 27.2 Å². The highest BCUT2D eigenvalue weighted by atomic mass is 16.5. The molecular formula is C21H34N4O2. The lowest BCUT2D eigenvalue weighted by Gasteiger charge is -2.24. The summed E-state index contributed by atoms with van der Waals surface area (Å²) in [5.74, 6) is 1.80. The molecule has 0 unspecified atom stereocenters. The van der Waals surface area contributed by atoms with Crippen LogP contribution < -0.4 is 15.4 Å². The molecule has 0 atom stereocenters. The summed E-state index contributed by atoms with van der Waals surface area (Å²) in [5, 5.41) is 6.43. The zero-order valence-electron chi connectivity index (χ0n) is 17.0. The maximum atomic E-state index is 12.1. The largest absolute Gasteiger partial charge is 0.494 e. The second-order valence-corrected chi connectivity index (χ2v) is 7.06. The number of carbonyl (C=O) groups is 1. The minimum absolute atomic E-state index is 0.124. The van der Waals surface area contributed by atoms with Crippen LogP contribution >= 0.6 is 0 Å². The molecule has 0 aromatic heterocycles. The van der Waals surface area contributed by atoms with Crippen molar-refractivity contribution in [1.29, 1.82) is 0 Å². The predicted molar refractivity (Wildman–Crippen MR) is 110 cm³/mol. The summed E-state index contributed by atoms with van der Waals surface area (Å²) in [4.78, 5) is 18.5. The molecule has 1 amide bonds. The molecule has 0 saturated heterocycles. The number of nitrogens with one attached hydrogen (secondary N) is 2. The molecule has 150 valence electrons. The number of ether oxygens (including phenoxy) is 1. The van der Waals surface area contributed by atoms with E-state index in [1.807, 2.05) is 26.1 Å². The first kappa shape index (κ1) is 21.1. The minimum Gasteiger partial charge on any atom is -0.494 e. The predicted octanol–water partition coefficient (Wildman–Crippen LogP) is 2.93. The first-order valence-electron chi connectivity index (χ1n) is 10.0. The van der Waals surface area contributed by atoms with E-state index in [0.717, 1.165) is 31.1 Å². The number of benzene rings is 1. The zero-order chi connectivity index (χ0) is 19.5. The van der Waals surface area contributed by atoms with E-state index in [1.54, 1.807) is 7.05 Å². The second kappa shape index (κ2) is 11.5. The maximum absolute atomic E-state index is 12.1. The number of rotatable bonds is 8. The molecule has 1 aliphatic rings. The summed E-state index contributed by atoms with van der Waals surface area (Å²) in [5.41, 5.74) is 1.18. The van der Waals surface area contributed by atoms with Gasteiger partial charge in [0.1, 0.15) is 5.75 Å². The zero-order valence-corrected chi connectivity index (χ0v) is 17.0. The van der Waals surface area contributed by atoms with Crippen molar-refractivity contribution in [2.45, 2.75) is 58.0 Å². The highest BCUT2D eigenvalue weighted by Crippen LogP contribution is 2.17. The SMILES string of the molecule is CCOc1ccc(CN(C)C(=NC)NCCC(=O)NC2CCCCC2)cc1. The number of aliphatic imine (C=N–C) groups is 1. The number of nitrogens with zero attached hydrogens (tertiary/aromatic N) is 2. The molecule has 0 aliphatic heterocycles. The molecule has 0 bridgehead atoms. The number of carbonyl (C=O) groups excluding carboxylic acids is 1. The van der Waals surface area contributed by atoms with Gasteiger partial charge < -0.3 is 20.3 Å². The summed E-state index contributed by atoms with van der Waals surface area (Å²) in [6, 6.07) is 8.46. The first-order chi connectivity index (χ1) is 13.1. The van der Waals surface area contributed by atoms with Crippen molar-refractivity contribution >= 4 is 11.9 Å². The van der Waals surface area contributed by atoms with Gasteiger partial charge in [0.15, 0.2) is 5.96 Å². The summed E-state index contributed by atoms with van der Waals surface area (Å²) in [7, 11) is 3.76. The van der Waals surface area contributed by atoms with Gasteiger partial charge in [0.05, 0.1) is 6.61 Å². The lowest BCUT2D eigenvalue weighted by Crippen LogP contribution is -2.41. The Balaban J connectivity index is 1.72. The van der Waals surface area contributed by atoms with Crippen molar-refractivity contribution in [3.63, 3.8) is 0 Å². The highest BCUT2D eigenvalue weighted by Gasteiger charge is 2.15. The molecule has 1 saturated carbocycles. The summed E-state index contributed by atoms with van der Waals surface area (Å²) in [6.45, 7) is 3.97. The Morgan fingerprint density at radius 2 is 1.93 bits per heavy atom. The molecule has 6 nitrogen and oxygen atoms in total. The summed E-state index contributed by atoms with van der Waals surface area (Å²) in [6.07, 6.45) is 6.45. The Labute approximate surface area is 163 Å². The van der Waals surface area contributed by atoms with Gasteiger partial charge in [0, 0.05) is 39.6 Å². The van der Waals surface area contributed by atoms with Crippen LogP contribution in [-0.2, 0) is 11.3 Å². The van der Waals surface area contributed by atoms with Crippen molar-refractivity contribution in [2.24, 2.45) is 4.99 Å². The second-order valence-electron chi connectivity index (χ2n) is 7.06. The van der Waals surface area contributed by atoms with E-state index < -0.39 is 0 Å². The fraction of sp³-hybridized carbons (Fsp3) is 0.619. The fourth-order valence-electron chi connectivity index (χ4n) is 3.43. The number of hydrogen-bond donors (Lipinski definition) is 2. The van der Waals surface area contributed by atoms with E-state index in [-0.39, 0.29) is 5.91 Å². The molecular weight excluding hydrogens is 340 g/mol.